The Kier molecular flexibility index (Phi) is 8.12. The van der Waals surface area contributed by atoms with Crippen molar-refractivity contribution in [1.82, 2.24) is 0 Å². The van der Waals surface area contributed by atoms with Gasteiger partial charge in [0.2, 0.25) is 6.29 Å². The molecule has 0 aliphatic heterocycles. The Bertz CT molecular complexity index is 377. The van der Waals surface area contributed by atoms with E-state index in [0.717, 1.165) is 0 Å². The third-order valence-corrected chi connectivity index (χ3v) is 2.25. The van der Waals surface area contributed by atoms with E-state index in [1.54, 1.807) is 13.8 Å². The summed E-state index contributed by atoms with van der Waals surface area (Å²) in [6.45, 7) is 11.2. The summed E-state index contributed by atoms with van der Waals surface area (Å²) < 4.78 is 15.4. The molecule has 0 aromatic rings. The summed E-state index contributed by atoms with van der Waals surface area (Å²) in [5.74, 6) is 4.22. The lowest BCUT2D eigenvalue weighted by Gasteiger charge is -2.25. The van der Waals surface area contributed by atoms with Gasteiger partial charge in [0, 0.05) is 25.6 Å². The van der Waals surface area contributed by atoms with Gasteiger partial charge in [0.1, 0.15) is 0 Å². The van der Waals surface area contributed by atoms with Gasteiger partial charge in [-0.15, -0.1) is 0 Å². The van der Waals surface area contributed by atoms with Gasteiger partial charge in [-0.2, -0.15) is 0 Å². The summed E-state index contributed by atoms with van der Waals surface area (Å²) in [6.07, 6.45) is -1.65. The topological polar surface area (TPSA) is 61.8 Å². The van der Waals surface area contributed by atoms with E-state index < -0.39 is 24.1 Å². The fourth-order valence-corrected chi connectivity index (χ4v) is 1.29. The van der Waals surface area contributed by atoms with E-state index in [0.29, 0.717) is 13.2 Å². The third-order valence-electron chi connectivity index (χ3n) is 2.25. The Labute approximate surface area is 121 Å². The first-order chi connectivity index (χ1) is 9.22. The van der Waals surface area contributed by atoms with Crippen LogP contribution in [0.2, 0.25) is 0 Å². The number of Topliss-reactive ketones (excluding diaryl/α,β-unsaturated/α-hetero) is 1. The van der Waals surface area contributed by atoms with Gasteiger partial charge >= 0.3 is 5.97 Å². The molecule has 5 heteroatoms. The minimum atomic E-state index is -0.990. The van der Waals surface area contributed by atoms with E-state index in [1.807, 2.05) is 20.8 Å². The fraction of sp³-hybridized carbons (Fsp3) is 0.733. The second-order valence-corrected chi connectivity index (χ2v) is 5.23. The Morgan fingerprint density at radius 1 is 1.10 bits per heavy atom. The number of ether oxygens (including phenoxy) is 3. The Balaban J connectivity index is 4.94. The minimum absolute atomic E-state index is 0.352. The van der Waals surface area contributed by atoms with Gasteiger partial charge < -0.3 is 14.2 Å². The van der Waals surface area contributed by atoms with Crippen LogP contribution in [-0.2, 0) is 23.8 Å². The average Bonchev–Trinajstić information content (AvgIpc) is 2.32. The summed E-state index contributed by atoms with van der Waals surface area (Å²) >= 11 is 0. The van der Waals surface area contributed by atoms with Crippen LogP contribution in [0.4, 0.5) is 0 Å². The highest BCUT2D eigenvalue weighted by molar-refractivity contribution is 5.98. The number of hydrogen-bond donors (Lipinski definition) is 0. The zero-order valence-corrected chi connectivity index (χ0v) is 13.1. The standard InChI is InChI=1S/C15H24O5/c1-7-18-14(19-8-2)12(17)9-10-13(15(4,5)6)20-11(3)16/h13-14H,7-8H2,1-6H3. The highest BCUT2D eigenvalue weighted by Crippen LogP contribution is 2.21. The van der Waals surface area contributed by atoms with Crippen LogP contribution in [0.25, 0.3) is 0 Å². The molecule has 0 aliphatic carbocycles. The highest BCUT2D eigenvalue weighted by Gasteiger charge is 2.26. The lowest BCUT2D eigenvalue weighted by Crippen LogP contribution is -2.31. The molecule has 0 N–H and O–H groups in total. The zero-order chi connectivity index (χ0) is 15.8. The van der Waals surface area contributed by atoms with Crippen molar-refractivity contribution in [2.24, 2.45) is 5.41 Å². The maximum atomic E-state index is 11.9. The zero-order valence-electron chi connectivity index (χ0n) is 13.1. The van der Waals surface area contributed by atoms with E-state index in [4.69, 9.17) is 14.2 Å². The SMILES string of the molecule is CCOC(OCC)C(=O)C#CC(OC(C)=O)C(C)(C)C. The Morgan fingerprint density at radius 3 is 1.95 bits per heavy atom. The Hall–Kier alpha value is -1.38. The van der Waals surface area contributed by atoms with Crippen LogP contribution in [0.15, 0.2) is 0 Å². The monoisotopic (exact) mass is 284 g/mol. The second-order valence-electron chi connectivity index (χ2n) is 5.23. The van der Waals surface area contributed by atoms with Crippen LogP contribution in [0.1, 0.15) is 41.5 Å². The molecule has 1 atom stereocenters. The smallest absolute Gasteiger partial charge is 0.303 e. The Morgan fingerprint density at radius 2 is 1.60 bits per heavy atom. The van der Waals surface area contributed by atoms with E-state index in [-0.39, 0.29) is 5.41 Å². The molecule has 0 bridgehead atoms. The van der Waals surface area contributed by atoms with Crippen molar-refractivity contribution in [1.29, 1.82) is 0 Å². The van der Waals surface area contributed by atoms with Gasteiger partial charge in [-0.1, -0.05) is 20.8 Å². The molecule has 20 heavy (non-hydrogen) atoms. The molecule has 114 valence electrons. The third kappa shape index (κ3) is 7.27. The molecule has 0 rings (SSSR count). The van der Waals surface area contributed by atoms with Gasteiger partial charge in [-0.05, 0) is 25.7 Å². The van der Waals surface area contributed by atoms with Gasteiger partial charge in [-0.25, -0.2) is 0 Å². The molecule has 0 aromatic carbocycles. The maximum absolute atomic E-state index is 11.9. The van der Waals surface area contributed by atoms with Crippen LogP contribution in [-0.4, -0.2) is 37.4 Å². The van der Waals surface area contributed by atoms with Crippen molar-refractivity contribution in [2.45, 2.75) is 53.9 Å². The van der Waals surface area contributed by atoms with Gasteiger partial charge in [0.25, 0.3) is 5.78 Å². The molecular formula is C15H24O5. The van der Waals surface area contributed by atoms with Crippen molar-refractivity contribution in [3.05, 3.63) is 0 Å². The van der Waals surface area contributed by atoms with Gasteiger partial charge in [-0.3, -0.25) is 9.59 Å². The molecule has 5 nitrogen and oxygen atoms in total. The number of rotatable bonds is 6. The predicted octanol–water partition coefficient (Wildman–Crippen LogP) is 1.94. The van der Waals surface area contributed by atoms with Crippen molar-refractivity contribution >= 4 is 11.8 Å². The lowest BCUT2D eigenvalue weighted by atomic mass is 9.89. The summed E-state index contributed by atoms with van der Waals surface area (Å²) in [5.41, 5.74) is -0.383. The van der Waals surface area contributed by atoms with E-state index in [1.165, 1.54) is 6.92 Å². The largest absolute Gasteiger partial charge is 0.449 e. The molecule has 0 aliphatic rings. The molecule has 0 heterocycles. The van der Waals surface area contributed by atoms with Crippen LogP contribution in [0.3, 0.4) is 0 Å². The molecule has 0 saturated heterocycles. The van der Waals surface area contributed by atoms with Crippen molar-refractivity contribution in [2.75, 3.05) is 13.2 Å². The number of carbonyl (C=O) groups is 2. The van der Waals surface area contributed by atoms with Crippen molar-refractivity contribution in [3.8, 4) is 11.8 Å². The first kappa shape index (κ1) is 18.6. The fourth-order valence-electron chi connectivity index (χ4n) is 1.29. The molecule has 0 amide bonds. The minimum Gasteiger partial charge on any atom is -0.449 e. The van der Waals surface area contributed by atoms with Crippen LogP contribution >= 0.6 is 0 Å². The summed E-state index contributed by atoms with van der Waals surface area (Å²) in [5, 5.41) is 0. The number of hydrogen-bond acceptors (Lipinski definition) is 5. The summed E-state index contributed by atoms with van der Waals surface area (Å²) in [6, 6.07) is 0. The molecule has 1 unspecified atom stereocenters. The first-order valence-corrected chi connectivity index (χ1v) is 6.68. The molecule has 0 fully saturated rings. The summed E-state index contributed by atoms with van der Waals surface area (Å²) in [4.78, 5) is 22.9. The average molecular weight is 284 g/mol. The number of ketones is 1. The lowest BCUT2D eigenvalue weighted by molar-refractivity contribution is -0.162. The highest BCUT2D eigenvalue weighted by atomic mass is 16.7. The maximum Gasteiger partial charge on any atom is 0.303 e. The first-order valence-electron chi connectivity index (χ1n) is 6.68. The van der Waals surface area contributed by atoms with Gasteiger partial charge in [0.05, 0.1) is 0 Å². The summed E-state index contributed by atoms with van der Waals surface area (Å²) in [7, 11) is 0. The van der Waals surface area contributed by atoms with Crippen molar-refractivity contribution < 1.29 is 23.8 Å². The molecule has 0 radical (unpaired) electrons. The number of esters is 1. The van der Waals surface area contributed by atoms with E-state index in [9.17, 15) is 9.59 Å². The van der Waals surface area contributed by atoms with Crippen LogP contribution in [0.5, 0.6) is 0 Å². The molecule has 0 spiro atoms. The second kappa shape index (κ2) is 8.72. The van der Waals surface area contributed by atoms with Crippen LogP contribution in [0, 0.1) is 17.3 Å². The number of carbonyl (C=O) groups excluding carboxylic acids is 2. The van der Waals surface area contributed by atoms with Crippen LogP contribution < -0.4 is 0 Å². The normalized spacial score (nSPS) is 12.6. The molecule has 0 aromatic heterocycles. The molecular weight excluding hydrogens is 260 g/mol. The quantitative estimate of drug-likeness (QED) is 0.323. The van der Waals surface area contributed by atoms with Crippen molar-refractivity contribution in [3.63, 3.8) is 0 Å². The van der Waals surface area contributed by atoms with E-state index in [2.05, 4.69) is 11.8 Å². The molecule has 0 saturated carbocycles. The predicted molar refractivity (Wildman–Crippen MR) is 74.8 cm³/mol. The van der Waals surface area contributed by atoms with Gasteiger partial charge in [0.15, 0.2) is 6.10 Å². The van der Waals surface area contributed by atoms with E-state index >= 15 is 0 Å².